The zero-order valence-corrected chi connectivity index (χ0v) is 12.2. The largest absolute Gasteiger partial charge is 0.384 e. The molecular formula is C15H29N. The van der Waals surface area contributed by atoms with Gasteiger partial charge in [-0.2, -0.15) is 0 Å². The minimum Gasteiger partial charge on any atom is -0.384 e. The molecule has 0 saturated carbocycles. The van der Waals surface area contributed by atoms with E-state index in [1.165, 1.54) is 5.57 Å². The third-order valence-electron chi connectivity index (χ3n) is 2.55. The molecule has 1 atom stereocenters. The highest BCUT2D eigenvalue weighted by Gasteiger charge is 2.28. The van der Waals surface area contributed by atoms with Gasteiger partial charge in [-0.3, -0.25) is 0 Å². The van der Waals surface area contributed by atoms with Crippen molar-refractivity contribution >= 4 is 0 Å². The first-order valence-corrected chi connectivity index (χ1v) is 6.05. The molecule has 0 radical (unpaired) electrons. The summed E-state index contributed by atoms with van der Waals surface area (Å²) in [4.78, 5) is 0. The van der Waals surface area contributed by atoms with Crippen LogP contribution in [0.2, 0.25) is 0 Å². The molecule has 1 heteroatoms. The zero-order valence-electron chi connectivity index (χ0n) is 12.2. The van der Waals surface area contributed by atoms with Crippen molar-refractivity contribution in [1.82, 2.24) is 5.32 Å². The average molecular weight is 223 g/mol. The number of allylic oxidation sites excluding steroid dienone is 2. The van der Waals surface area contributed by atoms with Crippen LogP contribution in [0.3, 0.4) is 0 Å². The summed E-state index contributed by atoms with van der Waals surface area (Å²) in [6.07, 6.45) is 1.01. The molecule has 0 amide bonds. The Balaban J connectivity index is 4.78. The summed E-state index contributed by atoms with van der Waals surface area (Å²) in [5.74, 6) is 0.434. The summed E-state index contributed by atoms with van der Waals surface area (Å²) >= 11 is 0. The van der Waals surface area contributed by atoms with Crippen molar-refractivity contribution in [3.8, 4) is 0 Å². The fourth-order valence-corrected chi connectivity index (χ4v) is 1.87. The first-order valence-electron chi connectivity index (χ1n) is 6.05. The highest BCUT2D eigenvalue weighted by atomic mass is 15.0. The first-order chi connectivity index (χ1) is 6.93. The van der Waals surface area contributed by atoms with Crippen LogP contribution in [0.15, 0.2) is 24.4 Å². The summed E-state index contributed by atoms with van der Waals surface area (Å²) < 4.78 is 0. The molecule has 0 aromatic rings. The fraction of sp³-hybridized carbons (Fsp3) is 0.733. The summed E-state index contributed by atoms with van der Waals surface area (Å²) in [6.45, 7) is 23.6. The quantitative estimate of drug-likeness (QED) is 0.691. The van der Waals surface area contributed by atoms with Crippen LogP contribution in [0, 0.1) is 11.3 Å². The molecule has 0 aliphatic heterocycles. The minimum absolute atomic E-state index is 0.0790. The average Bonchev–Trinajstić information content (AvgIpc) is 1.93. The molecule has 0 saturated heterocycles. The lowest BCUT2D eigenvalue weighted by molar-refractivity contribution is 0.255. The van der Waals surface area contributed by atoms with Crippen molar-refractivity contribution in [2.45, 2.75) is 60.4 Å². The molecule has 0 rings (SSSR count). The third-order valence-corrected chi connectivity index (χ3v) is 2.55. The standard InChI is InChI=1S/C15H29N/c1-11(2)10-13(14(4,5)6)12(3)16-15(7,8)9/h13,16H,1,3,10H2,2,4-9H3. The second-order valence-corrected chi connectivity index (χ2v) is 6.98. The van der Waals surface area contributed by atoms with Crippen molar-refractivity contribution in [2.24, 2.45) is 11.3 Å². The van der Waals surface area contributed by atoms with E-state index in [4.69, 9.17) is 0 Å². The molecule has 1 unspecified atom stereocenters. The zero-order chi connectivity index (χ0) is 13.1. The van der Waals surface area contributed by atoms with E-state index in [1.807, 2.05) is 0 Å². The van der Waals surface area contributed by atoms with E-state index in [9.17, 15) is 0 Å². The van der Waals surface area contributed by atoms with Gasteiger partial charge < -0.3 is 5.32 Å². The van der Waals surface area contributed by atoms with Gasteiger partial charge >= 0.3 is 0 Å². The smallest absolute Gasteiger partial charge is 0.0286 e. The van der Waals surface area contributed by atoms with E-state index in [0.29, 0.717) is 5.92 Å². The van der Waals surface area contributed by atoms with Crippen LogP contribution < -0.4 is 5.32 Å². The van der Waals surface area contributed by atoms with Crippen LogP contribution >= 0.6 is 0 Å². The van der Waals surface area contributed by atoms with Crippen LogP contribution in [-0.4, -0.2) is 5.54 Å². The highest BCUT2D eigenvalue weighted by Crippen LogP contribution is 2.35. The summed E-state index contributed by atoms with van der Waals surface area (Å²) in [6, 6.07) is 0. The molecule has 0 aliphatic rings. The lowest BCUT2D eigenvalue weighted by atomic mass is 9.75. The van der Waals surface area contributed by atoms with E-state index in [2.05, 4.69) is 66.9 Å². The molecule has 0 aliphatic carbocycles. The van der Waals surface area contributed by atoms with Gasteiger partial charge in [-0.15, -0.1) is 6.58 Å². The van der Waals surface area contributed by atoms with Gasteiger partial charge in [0.15, 0.2) is 0 Å². The van der Waals surface area contributed by atoms with E-state index in [1.54, 1.807) is 0 Å². The Bertz CT molecular complexity index is 260. The SMILES string of the molecule is C=C(C)CC(C(=C)NC(C)(C)C)C(C)(C)C. The third kappa shape index (κ3) is 5.99. The summed E-state index contributed by atoms with van der Waals surface area (Å²) in [5, 5.41) is 3.50. The highest BCUT2D eigenvalue weighted by molar-refractivity contribution is 5.10. The van der Waals surface area contributed by atoms with E-state index in [-0.39, 0.29) is 11.0 Å². The van der Waals surface area contributed by atoms with Gasteiger partial charge in [0.1, 0.15) is 0 Å². The molecule has 0 spiro atoms. The molecule has 0 aromatic carbocycles. The van der Waals surface area contributed by atoms with Crippen molar-refractivity contribution in [2.75, 3.05) is 0 Å². The topological polar surface area (TPSA) is 12.0 Å². The molecule has 0 heterocycles. The normalized spacial score (nSPS) is 14.4. The van der Waals surface area contributed by atoms with Crippen LogP contribution in [0.1, 0.15) is 54.9 Å². The predicted molar refractivity (Wildman–Crippen MR) is 74.4 cm³/mol. The van der Waals surface area contributed by atoms with Crippen LogP contribution in [-0.2, 0) is 0 Å². The van der Waals surface area contributed by atoms with Gasteiger partial charge in [-0.1, -0.05) is 32.9 Å². The molecule has 0 aromatic heterocycles. The van der Waals surface area contributed by atoms with Crippen molar-refractivity contribution in [3.63, 3.8) is 0 Å². The maximum atomic E-state index is 4.21. The van der Waals surface area contributed by atoms with Crippen molar-refractivity contribution in [3.05, 3.63) is 24.4 Å². The number of rotatable bonds is 4. The Morgan fingerprint density at radius 2 is 1.50 bits per heavy atom. The van der Waals surface area contributed by atoms with Crippen LogP contribution in [0.5, 0.6) is 0 Å². The lowest BCUT2D eigenvalue weighted by Crippen LogP contribution is -2.40. The predicted octanol–water partition coefficient (Wildman–Crippen LogP) is 4.52. The Kier molecular flexibility index (Phi) is 4.85. The van der Waals surface area contributed by atoms with E-state index in [0.717, 1.165) is 12.1 Å². The maximum absolute atomic E-state index is 4.21. The molecule has 0 bridgehead atoms. The fourth-order valence-electron chi connectivity index (χ4n) is 1.87. The van der Waals surface area contributed by atoms with Gasteiger partial charge in [0.25, 0.3) is 0 Å². The Morgan fingerprint density at radius 1 is 1.06 bits per heavy atom. The Labute approximate surface area is 102 Å². The van der Waals surface area contributed by atoms with Gasteiger partial charge in [-0.25, -0.2) is 0 Å². The van der Waals surface area contributed by atoms with Gasteiger partial charge in [-0.05, 0) is 39.5 Å². The Morgan fingerprint density at radius 3 is 1.75 bits per heavy atom. The first kappa shape index (κ1) is 15.3. The summed E-state index contributed by atoms with van der Waals surface area (Å²) in [7, 11) is 0. The van der Waals surface area contributed by atoms with E-state index < -0.39 is 0 Å². The molecule has 1 nitrogen and oxygen atoms in total. The number of hydrogen-bond donors (Lipinski definition) is 1. The molecule has 1 N–H and O–H groups in total. The van der Waals surface area contributed by atoms with Crippen LogP contribution in [0.4, 0.5) is 0 Å². The molecule has 0 fully saturated rings. The molecule has 94 valence electrons. The molecule has 16 heavy (non-hydrogen) atoms. The minimum atomic E-state index is 0.0790. The van der Waals surface area contributed by atoms with E-state index >= 15 is 0 Å². The van der Waals surface area contributed by atoms with Gasteiger partial charge in [0, 0.05) is 17.2 Å². The second kappa shape index (κ2) is 5.07. The van der Waals surface area contributed by atoms with Gasteiger partial charge in [0.05, 0.1) is 0 Å². The molecular weight excluding hydrogens is 194 g/mol. The number of nitrogens with one attached hydrogen (secondary N) is 1. The van der Waals surface area contributed by atoms with Crippen molar-refractivity contribution in [1.29, 1.82) is 0 Å². The monoisotopic (exact) mass is 223 g/mol. The maximum Gasteiger partial charge on any atom is 0.0286 e. The number of hydrogen-bond acceptors (Lipinski definition) is 1. The van der Waals surface area contributed by atoms with Crippen molar-refractivity contribution < 1.29 is 0 Å². The van der Waals surface area contributed by atoms with Gasteiger partial charge in [0.2, 0.25) is 0 Å². The Hall–Kier alpha value is -0.720. The van der Waals surface area contributed by atoms with Crippen LogP contribution in [0.25, 0.3) is 0 Å². The summed E-state index contributed by atoms with van der Waals surface area (Å²) in [5.41, 5.74) is 2.64. The lowest BCUT2D eigenvalue weighted by Gasteiger charge is -2.36. The second-order valence-electron chi connectivity index (χ2n) is 6.98.